The molecule has 0 fully saturated rings. The molecule has 0 radical (unpaired) electrons. The summed E-state index contributed by atoms with van der Waals surface area (Å²) in [6.07, 6.45) is 1.77. The molecule has 3 aromatic carbocycles. The average Bonchev–Trinajstić information content (AvgIpc) is 3.26. The third-order valence-corrected chi connectivity index (χ3v) is 6.13. The summed E-state index contributed by atoms with van der Waals surface area (Å²) in [6, 6.07) is 18.9. The SMILES string of the molecule is COC(=O)c1cccc(NC(=O)c2cccc(S(=O)(=O)Nc3ccc4[nH]ccc4c3)c2)c1. The van der Waals surface area contributed by atoms with E-state index in [-0.39, 0.29) is 16.0 Å². The number of rotatable bonds is 6. The zero-order chi connectivity index (χ0) is 22.7. The van der Waals surface area contributed by atoms with Gasteiger partial charge in [0.25, 0.3) is 15.9 Å². The number of carbonyl (C=O) groups excluding carboxylic acids is 2. The lowest BCUT2D eigenvalue weighted by molar-refractivity contribution is 0.0600. The van der Waals surface area contributed by atoms with Crippen molar-refractivity contribution >= 4 is 44.2 Å². The summed E-state index contributed by atoms with van der Waals surface area (Å²) < 4.78 is 32.9. The maximum atomic E-state index is 12.9. The Kier molecular flexibility index (Phi) is 5.65. The summed E-state index contributed by atoms with van der Waals surface area (Å²) in [5.74, 6) is -1.05. The first-order valence-electron chi connectivity index (χ1n) is 9.55. The van der Waals surface area contributed by atoms with Crippen molar-refractivity contribution in [3.63, 3.8) is 0 Å². The first kappa shape index (κ1) is 21.1. The summed E-state index contributed by atoms with van der Waals surface area (Å²) in [7, 11) is -2.65. The number of amides is 1. The standard InChI is InChI=1S/C23H19N3O5S/c1-31-23(28)17-5-2-6-18(13-17)25-22(27)16-4-3-7-20(14-16)32(29,30)26-19-8-9-21-15(12-19)10-11-24-21/h2-14,24,26H,1H3,(H,25,27). The molecule has 4 rings (SSSR count). The lowest BCUT2D eigenvalue weighted by Gasteiger charge is -2.10. The Bertz CT molecular complexity index is 1430. The van der Waals surface area contributed by atoms with E-state index in [1.807, 2.05) is 6.07 Å². The number of nitrogens with one attached hydrogen (secondary N) is 3. The largest absolute Gasteiger partial charge is 0.465 e. The minimum absolute atomic E-state index is 0.0531. The Morgan fingerprint density at radius 3 is 2.47 bits per heavy atom. The average molecular weight is 449 g/mol. The third kappa shape index (κ3) is 4.47. The molecule has 0 saturated carbocycles. The van der Waals surface area contributed by atoms with Crippen molar-refractivity contribution in [2.24, 2.45) is 0 Å². The van der Waals surface area contributed by atoms with Crippen molar-refractivity contribution in [2.45, 2.75) is 4.90 Å². The number of hydrogen-bond donors (Lipinski definition) is 3. The van der Waals surface area contributed by atoms with Crippen molar-refractivity contribution in [3.05, 3.63) is 90.1 Å². The summed E-state index contributed by atoms with van der Waals surface area (Å²) in [4.78, 5) is 27.3. The molecule has 8 nitrogen and oxygen atoms in total. The van der Waals surface area contributed by atoms with Crippen LogP contribution < -0.4 is 10.0 Å². The second kappa shape index (κ2) is 8.56. The number of carbonyl (C=O) groups is 2. The maximum Gasteiger partial charge on any atom is 0.337 e. The number of hydrogen-bond acceptors (Lipinski definition) is 5. The number of ether oxygens (including phenoxy) is 1. The number of H-pyrrole nitrogens is 1. The fourth-order valence-corrected chi connectivity index (χ4v) is 4.28. The molecule has 1 heterocycles. The van der Waals surface area contributed by atoms with Gasteiger partial charge in [0.2, 0.25) is 0 Å². The highest BCUT2D eigenvalue weighted by molar-refractivity contribution is 7.92. The molecule has 0 spiro atoms. The van der Waals surface area contributed by atoms with E-state index in [0.29, 0.717) is 11.4 Å². The van der Waals surface area contributed by atoms with E-state index in [9.17, 15) is 18.0 Å². The Labute approximate surface area is 184 Å². The molecule has 0 aliphatic carbocycles. The molecule has 9 heteroatoms. The highest BCUT2D eigenvalue weighted by Crippen LogP contribution is 2.22. The van der Waals surface area contributed by atoms with Crippen LogP contribution in [0.3, 0.4) is 0 Å². The van der Waals surface area contributed by atoms with E-state index >= 15 is 0 Å². The van der Waals surface area contributed by atoms with Crippen LogP contribution in [0.15, 0.2) is 83.9 Å². The Morgan fingerprint density at radius 2 is 1.66 bits per heavy atom. The van der Waals surface area contributed by atoms with Crippen molar-refractivity contribution in [3.8, 4) is 0 Å². The predicted octanol–water partition coefficient (Wildman–Crippen LogP) is 4.01. The second-order valence-electron chi connectivity index (χ2n) is 6.94. The van der Waals surface area contributed by atoms with E-state index in [4.69, 9.17) is 0 Å². The zero-order valence-electron chi connectivity index (χ0n) is 17.0. The molecular weight excluding hydrogens is 430 g/mol. The van der Waals surface area contributed by atoms with Gasteiger partial charge in [-0.25, -0.2) is 13.2 Å². The highest BCUT2D eigenvalue weighted by Gasteiger charge is 2.17. The summed E-state index contributed by atoms with van der Waals surface area (Å²) in [5, 5.41) is 3.53. The number of benzene rings is 3. The van der Waals surface area contributed by atoms with Gasteiger partial charge >= 0.3 is 5.97 Å². The van der Waals surface area contributed by atoms with Crippen LogP contribution in [0.5, 0.6) is 0 Å². The van der Waals surface area contributed by atoms with E-state index in [0.717, 1.165) is 10.9 Å². The monoisotopic (exact) mass is 449 g/mol. The maximum absolute atomic E-state index is 12.9. The van der Waals surface area contributed by atoms with Gasteiger partial charge in [0, 0.05) is 34.0 Å². The van der Waals surface area contributed by atoms with E-state index in [1.165, 1.54) is 37.4 Å². The molecular formula is C23H19N3O5S. The summed E-state index contributed by atoms with van der Waals surface area (Å²) in [6.45, 7) is 0. The van der Waals surface area contributed by atoms with Crippen LogP contribution in [0.2, 0.25) is 0 Å². The molecule has 0 atom stereocenters. The predicted molar refractivity (Wildman–Crippen MR) is 121 cm³/mol. The van der Waals surface area contributed by atoms with Crippen LogP contribution in [-0.2, 0) is 14.8 Å². The highest BCUT2D eigenvalue weighted by atomic mass is 32.2. The van der Waals surface area contributed by atoms with Gasteiger partial charge < -0.3 is 15.0 Å². The van der Waals surface area contributed by atoms with Crippen LogP contribution in [0.4, 0.5) is 11.4 Å². The molecule has 1 amide bonds. The van der Waals surface area contributed by atoms with E-state index < -0.39 is 21.9 Å². The quantitative estimate of drug-likeness (QED) is 0.385. The van der Waals surface area contributed by atoms with Gasteiger partial charge in [-0.1, -0.05) is 12.1 Å². The number of esters is 1. The van der Waals surface area contributed by atoms with Gasteiger partial charge in [-0.05, 0) is 60.7 Å². The lowest BCUT2D eigenvalue weighted by atomic mass is 10.1. The Balaban J connectivity index is 1.54. The molecule has 32 heavy (non-hydrogen) atoms. The number of methoxy groups -OCH3 is 1. The summed E-state index contributed by atoms with van der Waals surface area (Å²) >= 11 is 0. The smallest absolute Gasteiger partial charge is 0.337 e. The number of fused-ring (bicyclic) bond motifs is 1. The Morgan fingerprint density at radius 1 is 0.875 bits per heavy atom. The number of sulfonamides is 1. The molecule has 0 bridgehead atoms. The molecule has 0 aliphatic rings. The van der Waals surface area contributed by atoms with Crippen molar-refractivity contribution in [2.75, 3.05) is 17.1 Å². The first-order valence-corrected chi connectivity index (χ1v) is 11.0. The molecule has 0 aliphatic heterocycles. The number of aromatic amines is 1. The third-order valence-electron chi connectivity index (χ3n) is 4.75. The van der Waals surface area contributed by atoms with Crippen molar-refractivity contribution in [1.82, 2.24) is 4.98 Å². The minimum Gasteiger partial charge on any atom is -0.465 e. The van der Waals surface area contributed by atoms with E-state index in [2.05, 4.69) is 19.8 Å². The second-order valence-corrected chi connectivity index (χ2v) is 8.62. The van der Waals surface area contributed by atoms with Crippen LogP contribution in [0.25, 0.3) is 10.9 Å². The fourth-order valence-electron chi connectivity index (χ4n) is 3.18. The minimum atomic E-state index is -3.92. The van der Waals surface area contributed by atoms with Gasteiger partial charge in [-0.3, -0.25) is 9.52 Å². The number of anilines is 2. The number of aromatic nitrogens is 1. The molecule has 0 unspecified atom stereocenters. The van der Waals surface area contributed by atoms with E-state index in [1.54, 1.807) is 42.6 Å². The zero-order valence-corrected chi connectivity index (χ0v) is 17.8. The molecule has 1 aromatic heterocycles. The van der Waals surface area contributed by atoms with Crippen LogP contribution in [0, 0.1) is 0 Å². The van der Waals surface area contributed by atoms with Crippen LogP contribution in [-0.4, -0.2) is 32.4 Å². The normalized spacial score (nSPS) is 11.2. The van der Waals surface area contributed by atoms with Gasteiger partial charge in [0.05, 0.1) is 17.6 Å². The van der Waals surface area contributed by atoms with Gasteiger partial charge in [0.15, 0.2) is 0 Å². The first-order chi connectivity index (χ1) is 15.4. The summed E-state index contributed by atoms with van der Waals surface area (Å²) in [5.41, 5.74) is 2.11. The van der Waals surface area contributed by atoms with Gasteiger partial charge in [-0.15, -0.1) is 0 Å². The van der Waals surface area contributed by atoms with Crippen LogP contribution >= 0.6 is 0 Å². The Hall–Kier alpha value is -4.11. The van der Waals surface area contributed by atoms with Crippen LogP contribution in [0.1, 0.15) is 20.7 Å². The van der Waals surface area contributed by atoms with Gasteiger partial charge in [-0.2, -0.15) is 0 Å². The molecule has 0 saturated heterocycles. The lowest BCUT2D eigenvalue weighted by Crippen LogP contribution is -2.16. The molecule has 4 aromatic rings. The van der Waals surface area contributed by atoms with Crippen molar-refractivity contribution < 1.29 is 22.7 Å². The fraction of sp³-hybridized carbons (Fsp3) is 0.0435. The molecule has 3 N–H and O–H groups in total. The van der Waals surface area contributed by atoms with Gasteiger partial charge in [0.1, 0.15) is 0 Å². The molecule has 162 valence electrons. The van der Waals surface area contributed by atoms with Crippen molar-refractivity contribution in [1.29, 1.82) is 0 Å². The topological polar surface area (TPSA) is 117 Å².